The van der Waals surface area contributed by atoms with Crippen LogP contribution >= 0.6 is 0 Å². The van der Waals surface area contributed by atoms with Gasteiger partial charge in [-0.2, -0.15) is 5.10 Å². The Labute approximate surface area is 94.0 Å². The van der Waals surface area contributed by atoms with Crippen molar-refractivity contribution >= 4 is 10.9 Å². The summed E-state index contributed by atoms with van der Waals surface area (Å²) in [5.74, 6) is 0. The smallest absolute Gasteiger partial charge is 0.0662 e. The van der Waals surface area contributed by atoms with E-state index in [-0.39, 0.29) is 0 Å². The summed E-state index contributed by atoms with van der Waals surface area (Å²) in [5, 5.41) is 11.7. The summed E-state index contributed by atoms with van der Waals surface area (Å²) in [6.07, 6.45) is 1.85. The lowest BCUT2D eigenvalue weighted by atomic mass is 10.0. The van der Waals surface area contributed by atoms with Crippen molar-refractivity contribution in [2.24, 2.45) is 0 Å². The third-order valence-corrected chi connectivity index (χ3v) is 3.00. The van der Waals surface area contributed by atoms with Crippen molar-refractivity contribution in [3.63, 3.8) is 0 Å². The molecule has 0 aliphatic carbocycles. The zero-order valence-corrected chi connectivity index (χ0v) is 9.23. The minimum absolute atomic E-state index is 0.294. The van der Waals surface area contributed by atoms with E-state index in [1.54, 1.807) is 0 Å². The standard InChI is InChI=1S/C12H15N3O/c1-8-6-16-7-12(14-8)9-2-3-11-10(4-9)5-13-15-11/h2-5,8,12,14H,6-7H2,1H3,(H,13,15)/t8-,12-/m1/s1. The van der Waals surface area contributed by atoms with Crippen LogP contribution in [0, 0.1) is 0 Å². The third-order valence-electron chi connectivity index (χ3n) is 3.00. The molecular weight excluding hydrogens is 202 g/mol. The van der Waals surface area contributed by atoms with E-state index in [0.29, 0.717) is 12.1 Å². The SMILES string of the molecule is C[C@@H]1COC[C@H](c2ccc3[nH]ncc3c2)N1. The molecule has 1 aliphatic heterocycles. The van der Waals surface area contributed by atoms with E-state index in [4.69, 9.17) is 4.74 Å². The molecule has 84 valence electrons. The van der Waals surface area contributed by atoms with E-state index in [1.165, 1.54) is 5.56 Å². The summed E-state index contributed by atoms with van der Waals surface area (Å²) in [4.78, 5) is 0. The molecule has 3 rings (SSSR count). The van der Waals surface area contributed by atoms with Gasteiger partial charge in [-0.05, 0) is 24.6 Å². The van der Waals surface area contributed by atoms with Crippen molar-refractivity contribution in [2.45, 2.75) is 19.0 Å². The van der Waals surface area contributed by atoms with Crippen LogP contribution in [0.1, 0.15) is 18.5 Å². The van der Waals surface area contributed by atoms with E-state index in [1.807, 2.05) is 6.20 Å². The van der Waals surface area contributed by atoms with Gasteiger partial charge in [0.1, 0.15) is 0 Å². The molecule has 1 fully saturated rings. The Morgan fingerprint density at radius 3 is 3.19 bits per heavy atom. The summed E-state index contributed by atoms with van der Waals surface area (Å²) >= 11 is 0. The van der Waals surface area contributed by atoms with Gasteiger partial charge in [-0.15, -0.1) is 0 Å². The number of rotatable bonds is 1. The quantitative estimate of drug-likeness (QED) is 0.763. The number of aromatic nitrogens is 2. The fraction of sp³-hybridized carbons (Fsp3) is 0.417. The van der Waals surface area contributed by atoms with Gasteiger partial charge < -0.3 is 10.1 Å². The molecular formula is C12H15N3O. The Hall–Kier alpha value is -1.39. The maximum Gasteiger partial charge on any atom is 0.0662 e. The number of nitrogens with one attached hydrogen (secondary N) is 2. The fourth-order valence-corrected chi connectivity index (χ4v) is 2.17. The molecule has 2 atom stereocenters. The van der Waals surface area contributed by atoms with Gasteiger partial charge in [0.2, 0.25) is 0 Å². The zero-order valence-electron chi connectivity index (χ0n) is 9.23. The highest BCUT2D eigenvalue weighted by atomic mass is 16.5. The van der Waals surface area contributed by atoms with Crippen LogP contribution in [-0.2, 0) is 4.74 Å². The molecule has 0 radical (unpaired) electrons. The maximum absolute atomic E-state index is 5.56. The molecule has 0 bridgehead atoms. The van der Waals surface area contributed by atoms with Crippen LogP contribution in [-0.4, -0.2) is 29.5 Å². The lowest BCUT2D eigenvalue weighted by Gasteiger charge is -2.29. The van der Waals surface area contributed by atoms with Crippen LogP contribution in [0.3, 0.4) is 0 Å². The Morgan fingerprint density at radius 1 is 1.38 bits per heavy atom. The van der Waals surface area contributed by atoms with Crippen molar-refractivity contribution in [2.75, 3.05) is 13.2 Å². The topological polar surface area (TPSA) is 49.9 Å². The molecule has 1 aliphatic rings. The average molecular weight is 217 g/mol. The summed E-state index contributed by atoms with van der Waals surface area (Å²) < 4.78 is 5.56. The Kier molecular flexibility index (Phi) is 2.38. The first-order chi connectivity index (χ1) is 7.83. The fourth-order valence-electron chi connectivity index (χ4n) is 2.17. The second kappa shape index (κ2) is 3.88. The number of hydrogen-bond donors (Lipinski definition) is 2. The molecule has 0 saturated carbocycles. The molecule has 2 heterocycles. The third kappa shape index (κ3) is 1.70. The van der Waals surface area contributed by atoms with Gasteiger partial charge >= 0.3 is 0 Å². The second-order valence-electron chi connectivity index (χ2n) is 4.37. The maximum atomic E-state index is 5.56. The molecule has 0 unspecified atom stereocenters. The molecule has 2 aromatic rings. The molecule has 1 saturated heterocycles. The minimum Gasteiger partial charge on any atom is -0.378 e. The first kappa shape index (κ1) is 9.81. The van der Waals surface area contributed by atoms with E-state index in [9.17, 15) is 0 Å². The average Bonchev–Trinajstić information content (AvgIpc) is 2.75. The first-order valence-electron chi connectivity index (χ1n) is 5.60. The van der Waals surface area contributed by atoms with E-state index < -0.39 is 0 Å². The molecule has 0 spiro atoms. The van der Waals surface area contributed by atoms with Crippen LogP contribution in [0.5, 0.6) is 0 Å². The molecule has 1 aromatic carbocycles. The number of ether oxygens (including phenoxy) is 1. The Bertz CT molecular complexity index is 494. The second-order valence-corrected chi connectivity index (χ2v) is 4.37. The van der Waals surface area contributed by atoms with Gasteiger partial charge in [-0.1, -0.05) is 6.07 Å². The number of H-pyrrole nitrogens is 1. The van der Waals surface area contributed by atoms with Gasteiger partial charge in [0.05, 0.1) is 31.0 Å². The summed E-state index contributed by atoms with van der Waals surface area (Å²) in [6, 6.07) is 7.07. The molecule has 16 heavy (non-hydrogen) atoms. The number of nitrogens with zero attached hydrogens (tertiary/aromatic N) is 1. The number of fused-ring (bicyclic) bond motifs is 1. The van der Waals surface area contributed by atoms with E-state index >= 15 is 0 Å². The van der Waals surface area contributed by atoms with Gasteiger partial charge in [-0.3, -0.25) is 5.10 Å². The van der Waals surface area contributed by atoms with E-state index in [2.05, 4.69) is 40.6 Å². The van der Waals surface area contributed by atoms with Crippen LogP contribution < -0.4 is 5.32 Å². The lowest BCUT2D eigenvalue weighted by Crippen LogP contribution is -2.41. The van der Waals surface area contributed by atoms with Gasteiger partial charge in [-0.25, -0.2) is 0 Å². The summed E-state index contributed by atoms with van der Waals surface area (Å²) in [5.41, 5.74) is 2.34. The predicted molar refractivity (Wildman–Crippen MR) is 62.3 cm³/mol. The summed E-state index contributed by atoms with van der Waals surface area (Å²) in [6.45, 7) is 3.68. The number of aromatic amines is 1. The van der Waals surface area contributed by atoms with Crippen LogP contribution in [0.4, 0.5) is 0 Å². The number of benzene rings is 1. The largest absolute Gasteiger partial charge is 0.378 e. The predicted octanol–water partition coefficient (Wildman–Crippen LogP) is 1.61. The number of hydrogen-bond acceptors (Lipinski definition) is 3. The summed E-state index contributed by atoms with van der Waals surface area (Å²) in [7, 11) is 0. The first-order valence-corrected chi connectivity index (χ1v) is 5.60. The molecule has 2 N–H and O–H groups in total. The monoisotopic (exact) mass is 217 g/mol. The van der Waals surface area contributed by atoms with Crippen LogP contribution in [0.2, 0.25) is 0 Å². The molecule has 4 nitrogen and oxygen atoms in total. The van der Waals surface area contributed by atoms with Gasteiger partial charge in [0.15, 0.2) is 0 Å². The Balaban J connectivity index is 1.92. The highest BCUT2D eigenvalue weighted by Gasteiger charge is 2.19. The molecule has 0 amide bonds. The Morgan fingerprint density at radius 2 is 2.31 bits per heavy atom. The lowest BCUT2D eigenvalue weighted by molar-refractivity contribution is 0.0504. The van der Waals surface area contributed by atoms with Crippen molar-refractivity contribution < 1.29 is 4.74 Å². The van der Waals surface area contributed by atoms with Gasteiger partial charge in [0, 0.05) is 11.4 Å². The highest BCUT2D eigenvalue weighted by Crippen LogP contribution is 2.21. The zero-order chi connectivity index (χ0) is 11.0. The number of morpholine rings is 1. The molecule has 4 heteroatoms. The normalized spacial score (nSPS) is 26.1. The van der Waals surface area contributed by atoms with Gasteiger partial charge in [0.25, 0.3) is 0 Å². The van der Waals surface area contributed by atoms with Crippen molar-refractivity contribution in [1.29, 1.82) is 0 Å². The molecule has 1 aromatic heterocycles. The van der Waals surface area contributed by atoms with Crippen molar-refractivity contribution in [1.82, 2.24) is 15.5 Å². The minimum atomic E-state index is 0.294. The van der Waals surface area contributed by atoms with Crippen molar-refractivity contribution in [3.05, 3.63) is 30.0 Å². The highest BCUT2D eigenvalue weighted by molar-refractivity contribution is 5.78. The van der Waals surface area contributed by atoms with Crippen molar-refractivity contribution in [3.8, 4) is 0 Å². The van der Waals surface area contributed by atoms with E-state index in [0.717, 1.165) is 24.1 Å². The van der Waals surface area contributed by atoms with Crippen LogP contribution in [0.25, 0.3) is 10.9 Å². The van der Waals surface area contributed by atoms with Crippen LogP contribution in [0.15, 0.2) is 24.4 Å².